The Labute approximate surface area is 152 Å². The van der Waals surface area contributed by atoms with Gasteiger partial charge in [-0.05, 0) is 61.1 Å². The largest absolute Gasteiger partial charge is 0.422 e. The molecule has 0 unspecified atom stereocenters. The summed E-state index contributed by atoms with van der Waals surface area (Å²) >= 11 is 0. The third kappa shape index (κ3) is 3.90. The fraction of sp³-hybridized carbons (Fsp3) is 0.400. The molecule has 6 nitrogen and oxygen atoms in total. The molecule has 2 aromatic rings. The second kappa shape index (κ2) is 7.23. The van der Waals surface area contributed by atoms with Crippen LogP contribution in [0.1, 0.15) is 37.8 Å². The van der Waals surface area contributed by atoms with Gasteiger partial charge in [0, 0.05) is 38.6 Å². The Balaban J connectivity index is 1.82. The van der Waals surface area contributed by atoms with Crippen LogP contribution in [0.15, 0.2) is 49.1 Å². The van der Waals surface area contributed by atoms with Crippen molar-refractivity contribution in [1.82, 2.24) is 9.97 Å². The van der Waals surface area contributed by atoms with Crippen LogP contribution in [-0.2, 0) is 31.9 Å². The van der Waals surface area contributed by atoms with Crippen LogP contribution in [0.5, 0.6) is 0 Å². The number of aromatic nitrogens is 2. The molecule has 0 amide bonds. The van der Waals surface area contributed by atoms with Crippen LogP contribution in [0.3, 0.4) is 0 Å². The van der Waals surface area contributed by atoms with Crippen LogP contribution in [-0.4, -0.2) is 27.7 Å². The Morgan fingerprint density at radius 1 is 0.769 bits per heavy atom. The van der Waals surface area contributed by atoms with Gasteiger partial charge in [0.2, 0.25) is 0 Å². The molecule has 0 aliphatic carbocycles. The molecule has 0 bridgehead atoms. The number of aryl methyl sites for hydroxylation is 2. The van der Waals surface area contributed by atoms with Crippen LogP contribution in [0, 0.1) is 5.41 Å². The zero-order valence-electron chi connectivity index (χ0n) is 15.0. The molecule has 0 N–H and O–H groups in total. The zero-order valence-corrected chi connectivity index (χ0v) is 15.0. The lowest BCUT2D eigenvalue weighted by Gasteiger charge is -2.40. The summed E-state index contributed by atoms with van der Waals surface area (Å²) < 4.78 is 10.9. The highest BCUT2D eigenvalue weighted by Gasteiger charge is 2.55. The van der Waals surface area contributed by atoms with Crippen molar-refractivity contribution in [3.8, 4) is 0 Å². The number of nitrogens with zero attached hydrogens (tertiary/aromatic N) is 2. The maximum atomic E-state index is 12.8. The number of esters is 2. The average molecular weight is 354 g/mol. The molecule has 1 aliphatic heterocycles. The van der Waals surface area contributed by atoms with E-state index >= 15 is 0 Å². The summed E-state index contributed by atoms with van der Waals surface area (Å²) in [6.45, 7) is 3.14. The first-order valence-corrected chi connectivity index (χ1v) is 8.66. The van der Waals surface area contributed by atoms with Crippen LogP contribution < -0.4 is 0 Å². The van der Waals surface area contributed by atoms with Gasteiger partial charge < -0.3 is 9.47 Å². The number of pyridine rings is 2. The van der Waals surface area contributed by atoms with E-state index in [1.165, 1.54) is 0 Å². The summed E-state index contributed by atoms with van der Waals surface area (Å²) in [5.41, 5.74) is 0.713. The smallest absolute Gasteiger partial charge is 0.326 e. The Morgan fingerprint density at radius 3 is 1.54 bits per heavy atom. The molecule has 136 valence electrons. The first kappa shape index (κ1) is 18.0. The van der Waals surface area contributed by atoms with Gasteiger partial charge in [0.05, 0.1) is 0 Å². The molecule has 2 aromatic heterocycles. The molecule has 0 aromatic carbocycles. The maximum Gasteiger partial charge on any atom is 0.326 e. The molecule has 3 rings (SSSR count). The van der Waals surface area contributed by atoms with Crippen molar-refractivity contribution in [2.75, 3.05) is 0 Å². The fourth-order valence-corrected chi connectivity index (χ4v) is 3.09. The van der Waals surface area contributed by atoms with E-state index in [0.29, 0.717) is 25.7 Å². The van der Waals surface area contributed by atoms with E-state index in [0.717, 1.165) is 11.1 Å². The number of carbonyl (C=O) groups excluding carboxylic acids is 2. The summed E-state index contributed by atoms with van der Waals surface area (Å²) in [5.74, 6) is -2.26. The lowest BCUT2D eigenvalue weighted by atomic mass is 9.76. The van der Waals surface area contributed by atoms with Crippen molar-refractivity contribution in [2.45, 2.75) is 45.3 Å². The standard InChI is InChI=1S/C20H22N2O4/c1-19(2)25-17(23)20(18(24)26-19,9-3-15-5-11-21-12-6-15)10-4-16-7-13-22-14-8-16/h5-8,11-14H,3-4,9-10H2,1-2H3. The molecule has 0 atom stereocenters. The number of cyclic esters (lactones) is 2. The minimum atomic E-state index is -1.30. The second-order valence-electron chi connectivity index (χ2n) is 6.97. The lowest BCUT2D eigenvalue weighted by Crippen LogP contribution is -2.54. The Hall–Kier alpha value is -2.76. The zero-order chi connectivity index (χ0) is 18.6. The van der Waals surface area contributed by atoms with Gasteiger partial charge in [-0.25, -0.2) is 0 Å². The normalized spacial score (nSPS) is 18.1. The van der Waals surface area contributed by atoms with Crippen molar-refractivity contribution >= 4 is 11.9 Å². The number of rotatable bonds is 6. The average Bonchev–Trinajstić information content (AvgIpc) is 2.62. The third-order valence-electron chi connectivity index (χ3n) is 4.64. The minimum Gasteiger partial charge on any atom is -0.422 e. The Morgan fingerprint density at radius 2 is 1.15 bits per heavy atom. The van der Waals surface area contributed by atoms with Crippen LogP contribution in [0.25, 0.3) is 0 Å². The van der Waals surface area contributed by atoms with Crippen molar-refractivity contribution in [1.29, 1.82) is 0 Å². The van der Waals surface area contributed by atoms with Gasteiger partial charge in [-0.1, -0.05) is 0 Å². The molecular formula is C20H22N2O4. The second-order valence-corrected chi connectivity index (χ2v) is 6.97. The van der Waals surface area contributed by atoms with Crippen molar-refractivity contribution in [3.05, 3.63) is 60.2 Å². The number of hydrogen-bond acceptors (Lipinski definition) is 6. The molecule has 0 radical (unpaired) electrons. The highest BCUT2D eigenvalue weighted by molar-refractivity contribution is 6.01. The number of ether oxygens (including phenoxy) is 2. The SMILES string of the molecule is CC1(C)OC(=O)C(CCc2ccncc2)(CCc2ccncc2)C(=O)O1. The van der Waals surface area contributed by atoms with E-state index in [1.54, 1.807) is 38.6 Å². The summed E-state index contributed by atoms with van der Waals surface area (Å²) in [6.07, 6.45) is 8.55. The van der Waals surface area contributed by atoms with Gasteiger partial charge in [-0.3, -0.25) is 19.6 Å². The van der Waals surface area contributed by atoms with Gasteiger partial charge in [-0.2, -0.15) is 0 Å². The Bertz CT molecular complexity index is 709. The van der Waals surface area contributed by atoms with Crippen molar-refractivity contribution in [3.63, 3.8) is 0 Å². The molecule has 6 heteroatoms. The predicted molar refractivity (Wildman–Crippen MR) is 93.8 cm³/mol. The molecular weight excluding hydrogens is 332 g/mol. The van der Waals surface area contributed by atoms with E-state index < -0.39 is 23.1 Å². The highest BCUT2D eigenvalue weighted by atomic mass is 16.7. The molecule has 1 aliphatic rings. The Kier molecular flexibility index (Phi) is 5.02. The van der Waals surface area contributed by atoms with Gasteiger partial charge >= 0.3 is 11.9 Å². The van der Waals surface area contributed by atoms with Crippen LogP contribution >= 0.6 is 0 Å². The van der Waals surface area contributed by atoms with Gasteiger partial charge in [0.25, 0.3) is 5.79 Å². The van der Waals surface area contributed by atoms with Crippen molar-refractivity contribution < 1.29 is 19.1 Å². The molecule has 0 saturated carbocycles. The van der Waals surface area contributed by atoms with Crippen molar-refractivity contribution in [2.24, 2.45) is 5.41 Å². The van der Waals surface area contributed by atoms with Crippen LogP contribution in [0.2, 0.25) is 0 Å². The van der Waals surface area contributed by atoms with E-state index in [1.807, 2.05) is 24.3 Å². The summed E-state index contributed by atoms with van der Waals surface area (Å²) in [5, 5.41) is 0. The van der Waals surface area contributed by atoms with Gasteiger partial charge in [-0.15, -0.1) is 0 Å². The summed E-state index contributed by atoms with van der Waals surface area (Å²) in [4.78, 5) is 33.7. The highest BCUT2D eigenvalue weighted by Crippen LogP contribution is 2.40. The molecule has 26 heavy (non-hydrogen) atoms. The molecule has 3 heterocycles. The fourth-order valence-electron chi connectivity index (χ4n) is 3.09. The predicted octanol–water partition coefficient (Wildman–Crippen LogP) is 2.86. The quantitative estimate of drug-likeness (QED) is 0.586. The topological polar surface area (TPSA) is 78.4 Å². The van der Waals surface area contributed by atoms with E-state index in [9.17, 15) is 9.59 Å². The van der Waals surface area contributed by atoms with Gasteiger partial charge in [0.1, 0.15) is 0 Å². The number of hydrogen-bond donors (Lipinski definition) is 0. The summed E-state index contributed by atoms with van der Waals surface area (Å²) in [6, 6.07) is 7.50. The summed E-state index contributed by atoms with van der Waals surface area (Å²) in [7, 11) is 0. The minimum absolute atomic E-state index is 0.329. The maximum absolute atomic E-state index is 12.8. The van der Waals surface area contributed by atoms with Crippen LogP contribution in [0.4, 0.5) is 0 Å². The lowest BCUT2D eigenvalue weighted by molar-refractivity contribution is -0.252. The molecule has 1 fully saturated rings. The van der Waals surface area contributed by atoms with Gasteiger partial charge in [0.15, 0.2) is 5.41 Å². The monoisotopic (exact) mass is 354 g/mol. The third-order valence-corrected chi connectivity index (χ3v) is 4.64. The van der Waals surface area contributed by atoms with E-state index in [-0.39, 0.29) is 0 Å². The number of carbonyl (C=O) groups is 2. The van der Waals surface area contributed by atoms with E-state index in [2.05, 4.69) is 9.97 Å². The first-order chi connectivity index (χ1) is 12.4. The molecule has 1 saturated heterocycles. The molecule has 0 spiro atoms. The van der Waals surface area contributed by atoms with E-state index in [4.69, 9.17) is 9.47 Å². The first-order valence-electron chi connectivity index (χ1n) is 8.66.